The van der Waals surface area contributed by atoms with E-state index in [0.29, 0.717) is 17.0 Å². The average Bonchev–Trinajstić information content (AvgIpc) is 3.35. The van der Waals surface area contributed by atoms with Crippen LogP contribution in [0.15, 0.2) is 42.7 Å². The highest BCUT2D eigenvalue weighted by Gasteiger charge is 2.41. The minimum Gasteiger partial charge on any atom is -0.355 e. The number of imidazole rings is 1. The van der Waals surface area contributed by atoms with Crippen molar-refractivity contribution in [2.45, 2.75) is 31.2 Å². The van der Waals surface area contributed by atoms with Crippen LogP contribution in [0.25, 0.3) is 11.0 Å². The fraction of sp³-hybridized carbons (Fsp3) is 0.318. The third-order valence-corrected chi connectivity index (χ3v) is 6.17. The Morgan fingerprint density at radius 3 is 2.89 bits per heavy atom. The van der Waals surface area contributed by atoms with Gasteiger partial charge in [0.25, 0.3) is 11.8 Å². The number of hydrogen-bond donors (Lipinski definition) is 2. The molecule has 0 spiro atoms. The predicted molar refractivity (Wildman–Crippen MR) is 106 cm³/mol. The molecule has 1 aliphatic carbocycles. The Hall–Kier alpha value is -3.15. The number of rotatable bonds is 2. The molecular weight excluding hydrogens is 352 g/mol. The molecule has 2 aliphatic rings. The lowest BCUT2D eigenvalue weighted by molar-refractivity contribution is 0.0595. The second-order valence-electron chi connectivity index (χ2n) is 7.65. The summed E-state index contributed by atoms with van der Waals surface area (Å²) in [5.41, 5.74) is 5.60. The maximum atomic E-state index is 13.3. The van der Waals surface area contributed by atoms with Crippen molar-refractivity contribution in [1.29, 1.82) is 0 Å². The number of nitrogens with zero attached hydrogens (tertiary/aromatic N) is 2. The van der Waals surface area contributed by atoms with Gasteiger partial charge in [0.15, 0.2) is 0 Å². The first kappa shape index (κ1) is 17.0. The van der Waals surface area contributed by atoms with Gasteiger partial charge >= 0.3 is 0 Å². The Balaban J connectivity index is 1.45. The van der Waals surface area contributed by atoms with Crippen molar-refractivity contribution in [3.8, 4) is 0 Å². The van der Waals surface area contributed by atoms with Crippen LogP contribution >= 0.6 is 0 Å². The van der Waals surface area contributed by atoms with E-state index in [1.807, 2.05) is 35.2 Å². The Labute approximate surface area is 163 Å². The van der Waals surface area contributed by atoms with Gasteiger partial charge in [0.2, 0.25) is 0 Å². The van der Waals surface area contributed by atoms with E-state index in [1.54, 1.807) is 13.4 Å². The highest BCUT2D eigenvalue weighted by molar-refractivity contribution is 5.98. The van der Waals surface area contributed by atoms with Crippen molar-refractivity contribution in [2.75, 3.05) is 13.6 Å². The molecule has 5 rings (SSSR count). The van der Waals surface area contributed by atoms with Gasteiger partial charge < -0.3 is 15.2 Å². The number of likely N-dealkylation sites (tertiary alicyclic amines) is 1. The van der Waals surface area contributed by atoms with Gasteiger partial charge in [-0.2, -0.15) is 0 Å². The van der Waals surface area contributed by atoms with Crippen LogP contribution in [-0.2, 0) is 6.42 Å². The third-order valence-electron chi connectivity index (χ3n) is 6.17. The first-order valence-corrected chi connectivity index (χ1v) is 9.74. The summed E-state index contributed by atoms with van der Waals surface area (Å²) in [4.78, 5) is 34.6. The number of nitrogens with one attached hydrogen (secondary N) is 2. The highest BCUT2D eigenvalue weighted by Crippen LogP contribution is 2.42. The quantitative estimate of drug-likeness (QED) is 0.724. The van der Waals surface area contributed by atoms with E-state index in [4.69, 9.17) is 0 Å². The van der Waals surface area contributed by atoms with Gasteiger partial charge in [-0.25, -0.2) is 4.98 Å². The van der Waals surface area contributed by atoms with Crippen LogP contribution in [0.2, 0.25) is 0 Å². The molecule has 1 fully saturated rings. The highest BCUT2D eigenvalue weighted by atomic mass is 16.2. The van der Waals surface area contributed by atoms with Crippen molar-refractivity contribution in [2.24, 2.45) is 0 Å². The van der Waals surface area contributed by atoms with E-state index in [1.165, 1.54) is 11.1 Å². The van der Waals surface area contributed by atoms with Crippen molar-refractivity contribution < 1.29 is 9.59 Å². The number of benzene rings is 2. The minimum atomic E-state index is -0.0709. The Bertz CT molecular complexity index is 1090. The minimum absolute atomic E-state index is 0.0709. The molecule has 1 aromatic heterocycles. The maximum absolute atomic E-state index is 13.3. The van der Waals surface area contributed by atoms with Gasteiger partial charge in [-0.1, -0.05) is 6.07 Å². The zero-order valence-corrected chi connectivity index (χ0v) is 15.7. The van der Waals surface area contributed by atoms with Crippen LogP contribution in [0.4, 0.5) is 0 Å². The van der Waals surface area contributed by atoms with E-state index in [2.05, 4.69) is 21.4 Å². The molecule has 0 radical (unpaired) electrons. The van der Waals surface area contributed by atoms with E-state index in [9.17, 15) is 9.59 Å². The van der Waals surface area contributed by atoms with Crippen molar-refractivity contribution in [3.05, 3.63) is 65.0 Å². The van der Waals surface area contributed by atoms with Crippen LogP contribution in [0.5, 0.6) is 0 Å². The lowest BCUT2D eigenvalue weighted by atomic mass is 9.88. The number of H-pyrrole nitrogens is 1. The number of fused-ring (bicyclic) bond motifs is 4. The summed E-state index contributed by atoms with van der Waals surface area (Å²) < 4.78 is 0. The average molecular weight is 374 g/mol. The van der Waals surface area contributed by atoms with E-state index in [0.717, 1.165) is 36.8 Å². The topological polar surface area (TPSA) is 78.1 Å². The van der Waals surface area contributed by atoms with Crippen LogP contribution < -0.4 is 5.32 Å². The molecule has 3 aromatic rings. The molecule has 6 nitrogen and oxygen atoms in total. The number of aromatic amines is 1. The Morgan fingerprint density at radius 1 is 1.18 bits per heavy atom. The summed E-state index contributed by atoms with van der Waals surface area (Å²) in [6, 6.07) is 11.8. The second-order valence-corrected chi connectivity index (χ2v) is 7.65. The van der Waals surface area contributed by atoms with Crippen molar-refractivity contribution >= 4 is 22.8 Å². The summed E-state index contributed by atoms with van der Waals surface area (Å²) in [5.74, 6) is 0.353. The Kier molecular flexibility index (Phi) is 3.93. The number of amides is 2. The third kappa shape index (κ3) is 2.59. The van der Waals surface area contributed by atoms with E-state index in [-0.39, 0.29) is 17.9 Å². The van der Waals surface area contributed by atoms with Gasteiger partial charge in [0.1, 0.15) is 0 Å². The molecule has 0 unspecified atom stereocenters. The molecule has 0 saturated carbocycles. The van der Waals surface area contributed by atoms with Crippen LogP contribution in [0.3, 0.4) is 0 Å². The molecular formula is C22H22N4O2. The summed E-state index contributed by atoms with van der Waals surface area (Å²) in [5, 5.41) is 2.68. The number of carbonyl (C=O) groups is 2. The second kappa shape index (κ2) is 6.48. The van der Waals surface area contributed by atoms with Gasteiger partial charge in [-0.15, -0.1) is 0 Å². The lowest BCUT2D eigenvalue weighted by Gasteiger charge is -2.38. The van der Waals surface area contributed by atoms with E-state index >= 15 is 0 Å². The Morgan fingerprint density at radius 2 is 2.04 bits per heavy atom. The maximum Gasteiger partial charge on any atom is 0.254 e. The summed E-state index contributed by atoms with van der Waals surface area (Å²) in [6.07, 6.45) is 4.53. The van der Waals surface area contributed by atoms with Gasteiger partial charge in [-0.3, -0.25) is 9.59 Å². The number of hydrogen-bond acceptors (Lipinski definition) is 3. The molecule has 2 amide bonds. The fourth-order valence-electron chi connectivity index (χ4n) is 4.81. The largest absolute Gasteiger partial charge is 0.355 e. The predicted octanol–water partition coefficient (Wildman–Crippen LogP) is 2.87. The molecule has 1 saturated heterocycles. The summed E-state index contributed by atoms with van der Waals surface area (Å²) >= 11 is 0. The number of carbonyl (C=O) groups excluding carboxylic acids is 2. The number of aromatic nitrogens is 2. The molecule has 2 atom stereocenters. The first-order chi connectivity index (χ1) is 13.7. The van der Waals surface area contributed by atoms with Crippen LogP contribution in [-0.4, -0.2) is 46.3 Å². The molecule has 2 N–H and O–H groups in total. The van der Waals surface area contributed by atoms with E-state index < -0.39 is 0 Å². The molecule has 142 valence electrons. The van der Waals surface area contributed by atoms with Crippen LogP contribution in [0.1, 0.15) is 50.6 Å². The first-order valence-electron chi connectivity index (χ1n) is 9.74. The van der Waals surface area contributed by atoms with Gasteiger partial charge in [0.05, 0.1) is 17.4 Å². The summed E-state index contributed by atoms with van der Waals surface area (Å²) in [6.45, 7) is 0.775. The number of piperidine rings is 1. The monoisotopic (exact) mass is 374 g/mol. The van der Waals surface area contributed by atoms with Gasteiger partial charge in [-0.05, 0) is 60.7 Å². The molecule has 6 heteroatoms. The zero-order valence-electron chi connectivity index (χ0n) is 15.7. The van der Waals surface area contributed by atoms with Crippen molar-refractivity contribution in [3.63, 3.8) is 0 Å². The summed E-state index contributed by atoms with van der Waals surface area (Å²) in [7, 11) is 1.65. The molecule has 0 bridgehead atoms. The van der Waals surface area contributed by atoms with Crippen LogP contribution in [0, 0.1) is 0 Å². The molecule has 2 aromatic carbocycles. The molecule has 2 heterocycles. The smallest absolute Gasteiger partial charge is 0.254 e. The zero-order chi connectivity index (χ0) is 19.3. The standard InChI is InChI=1S/C22H22N4O2/c1-23-21(27)13-4-6-16-15(9-13)11-20-17(16)3-2-8-26(20)22(28)14-5-7-18-19(10-14)25-12-24-18/h4-7,9-10,12,17,20H,2-3,8,11H2,1H3,(H,23,27)(H,24,25)/t17-,20+/m0/s1. The van der Waals surface area contributed by atoms with Crippen molar-refractivity contribution in [1.82, 2.24) is 20.2 Å². The van der Waals surface area contributed by atoms with Gasteiger partial charge in [0, 0.05) is 36.7 Å². The molecule has 1 aliphatic heterocycles. The fourth-order valence-corrected chi connectivity index (χ4v) is 4.81. The normalized spacial score (nSPS) is 20.7. The SMILES string of the molecule is CNC(=O)c1ccc2c(c1)C[C@@H]1[C@H]2CCCN1C(=O)c1ccc2nc[nH]c2c1. The molecule has 28 heavy (non-hydrogen) atoms. The lowest BCUT2D eigenvalue weighted by Crippen LogP contribution is -2.46.